The summed E-state index contributed by atoms with van der Waals surface area (Å²) in [5.74, 6) is -0.928. The highest BCUT2D eigenvalue weighted by Gasteiger charge is 2.27. The zero-order valence-corrected chi connectivity index (χ0v) is 8.92. The van der Waals surface area contributed by atoms with Crippen LogP contribution in [-0.4, -0.2) is 33.9 Å². The third-order valence-corrected chi connectivity index (χ3v) is 1.87. The van der Waals surface area contributed by atoms with Gasteiger partial charge in [-0.1, -0.05) is 13.8 Å². The lowest BCUT2D eigenvalue weighted by atomic mass is 10.1. The second-order valence-corrected chi connectivity index (χ2v) is 4.59. The summed E-state index contributed by atoms with van der Waals surface area (Å²) in [6.07, 6.45) is -0.161. The second kappa shape index (κ2) is 4.57. The van der Waals surface area contributed by atoms with Gasteiger partial charge in [-0.25, -0.2) is 4.79 Å². The molecule has 0 aromatic rings. The maximum atomic E-state index is 11.0. The van der Waals surface area contributed by atoms with Crippen molar-refractivity contribution >= 4 is 16.1 Å². The number of ether oxygens (including phenoxy) is 1. The number of hydrogen-bond donors (Lipinski definition) is 0. The van der Waals surface area contributed by atoms with Crippen molar-refractivity contribution in [2.24, 2.45) is 5.92 Å². The van der Waals surface area contributed by atoms with Crippen molar-refractivity contribution < 1.29 is 22.1 Å². The third kappa shape index (κ3) is 4.84. The van der Waals surface area contributed by atoms with Gasteiger partial charge in [-0.05, 0) is 5.92 Å². The van der Waals surface area contributed by atoms with Crippen LogP contribution in [0.3, 0.4) is 0 Å². The molecule has 0 aliphatic heterocycles. The Morgan fingerprint density at radius 1 is 1.31 bits per heavy atom. The first-order chi connectivity index (χ1) is 5.78. The van der Waals surface area contributed by atoms with E-state index in [1.54, 1.807) is 13.8 Å². The highest BCUT2D eigenvalue weighted by molar-refractivity contribution is 7.86. The quantitative estimate of drug-likeness (QED) is 0.488. The molecular weight excluding hydrogens is 196 g/mol. The van der Waals surface area contributed by atoms with Crippen molar-refractivity contribution in [1.82, 2.24) is 0 Å². The van der Waals surface area contributed by atoms with Crippen LogP contribution in [0.4, 0.5) is 0 Å². The van der Waals surface area contributed by atoms with E-state index in [2.05, 4.69) is 8.92 Å². The smallest absolute Gasteiger partial charge is 0.336 e. The predicted octanol–water partition coefficient (Wildman–Crippen LogP) is 0.160. The Hall–Kier alpha value is -0.620. The molecule has 0 heterocycles. The average Bonchev–Trinajstić information content (AvgIpc) is 1.96. The molecule has 0 bridgehead atoms. The van der Waals surface area contributed by atoms with Gasteiger partial charge in [-0.3, -0.25) is 4.18 Å². The maximum Gasteiger partial charge on any atom is 0.336 e. The van der Waals surface area contributed by atoms with Gasteiger partial charge in [0.1, 0.15) is 0 Å². The summed E-state index contributed by atoms with van der Waals surface area (Å²) in [4.78, 5) is 11.0. The van der Waals surface area contributed by atoms with Crippen LogP contribution in [0.25, 0.3) is 0 Å². The summed E-state index contributed by atoms with van der Waals surface area (Å²) in [7, 11) is -2.44. The highest BCUT2D eigenvalue weighted by atomic mass is 32.2. The summed E-state index contributed by atoms with van der Waals surface area (Å²) in [5, 5.41) is 0. The van der Waals surface area contributed by atoms with E-state index in [4.69, 9.17) is 0 Å². The van der Waals surface area contributed by atoms with E-state index in [-0.39, 0.29) is 5.92 Å². The molecule has 0 aliphatic rings. The zero-order valence-electron chi connectivity index (χ0n) is 8.10. The monoisotopic (exact) mass is 210 g/mol. The summed E-state index contributed by atoms with van der Waals surface area (Å²) in [6.45, 7) is 3.35. The van der Waals surface area contributed by atoms with E-state index in [0.717, 1.165) is 6.26 Å². The lowest BCUT2D eigenvalue weighted by Gasteiger charge is -2.16. The fourth-order valence-corrected chi connectivity index (χ4v) is 1.40. The van der Waals surface area contributed by atoms with Crippen molar-refractivity contribution in [2.45, 2.75) is 20.0 Å². The minimum Gasteiger partial charge on any atom is -0.467 e. The molecule has 13 heavy (non-hydrogen) atoms. The Kier molecular flexibility index (Phi) is 4.35. The molecule has 5 nitrogen and oxygen atoms in total. The van der Waals surface area contributed by atoms with E-state index in [1.807, 2.05) is 0 Å². The number of methoxy groups -OCH3 is 1. The fraction of sp³-hybridized carbons (Fsp3) is 0.857. The molecule has 0 fully saturated rings. The van der Waals surface area contributed by atoms with E-state index < -0.39 is 22.2 Å². The standard InChI is InChI=1S/C7H14O5S/c1-5(2)6(7(8)11-3)12-13(4,9)10/h5-6H,1-4H3. The first kappa shape index (κ1) is 12.4. The van der Waals surface area contributed by atoms with Crippen LogP contribution in [0.1, 0.15) is 13.8 Å². The molecule has 0 aromatic heterocycles. The van der Waals surface area contributed by atoms with Crippen molar-refractivity contribution in [3.05, 3.63) is 0 Å². The van der Waals surface area contributed by atoms with Gasteiger partial charge in [0.25, 0.3) is 10.1 Å². The fourth-order valence-electron chi connectivity index (χ4n) is 0.727. The number of carbonyl (C=O) groups excluding carboxylic acids is 1. The molecule has 0 N–H and O–H groups in total. The Balaban J connectivity index is 4.55. The number of carbonyl (C=O) groups is 1. The third-order valence-electron chi connectivity index (χ3n) is 1.32. The first-order valence-corrected chi connectivity index (χ1v) is 5.55. The lowest BCUT2D eigenvalue weighted by Crippen LogP contribution is -2.32. The molecule has 0 radical (unpaired) electrons. The summed E-state index contributed by atoms with van der Waals surface area (Å²) < 4.78 is 30.4. The van der Waals surface area contributed by atoms with Gasteiger partial charge >= 0.3 is 5.97 Å². The molecule has 0 saturated heterocycles. The van der Waals surface area contributed by atoms with E-state index >= 15 is 0 Å². The summed E-state index contributed by atoms with van der Waals surface area (Å²) in [6, 6.07) is 0. The van der Waals surface area contributed by atoms with Gasteiger partial charge in [0.15, 0.2) is 6.10 Å². The van der Waals surface area contributed by atoms with E-state index in [1.165, 1.54) is 7.11 Å². The lowest BCUT2D eigenvalue weighted by molar-refractivity contribution is -0.150. The number of rotatable bonds is 4. The number of hydrogen-bond acceptors (Lipinski definition) is 5. The molecule has 0 amide bonds. The molecule has 6 heteroatoms. The van der Waals surface area contributed by atoms with Crippen molar-refractivity contribution in [1.29, 1.82) is 0 Å². The zero-order chi connectivity index (χ0) is 10.6. The molecule has 1 unspecified atom stereocenters. The Bertz CT molecular complexity index is 267. The molecule has 0 aliphatic carbocycles. The Morgan fingerprint density at radius 2 is 1.77 bits per heavy atom. The molecular formula is C7H14O5S. The molecule has 78 valence electrons. The van der Waals surface area contributed by atoms with Crippen LogP contribution < -0.4 is 0 Å². The molecule has 1 atom stereocenters. The van der Waals surface area contributed by atoms with Crippen LogP contribution >= 0.6 is 0 Å². The minimum absolute atomic E-state index is 0.248. The van der Waals surface area contributed by atoms with Crippen LogP contribution in [0.5, 0.6) is 0 Å². The summed E-state index contributed by atoms with van der Waals surface area (Å²) in [5.41, 5.74) is 0. The van der Waals surface area contributed by atoms with Gasteiger partial charge in [0.05, 0.1) is 13.4 Å². The molecule has 0 aromatic carbocycles. The maximum absolute atomic E-state index is 11.0. The van der Waals surface area contributed by atoms with Crippen molar-refractivity contribution in [3.63, 3.8) is 0 Å². The van der Waals surface area contributed by atoms with E-state index in [0.29, 0.717) is 0 Å². The topological polar surface area (TPSA) is 69.7 Å². The van der Waals surface area contributed by atoms with Crippen LogP contribution in [-0.2, 0) is 23.8 Å². The number of esters is 1. The van der Waals surface area contributed by atoms with E-state index in [9.17, 15) is 13.2 Å². The Morgan fingerprint density at radius 3 is 2.00 bits per heavy atom. The van der Waals surface area contributed by atoms with Gasteiger partial charge in [-0.2, -0.15) is 8.42 Å². The normalized spacial score (nSPS) is 14.2. The van der Waals surface area contributed by atoms with Gasteiger partial charge in [0.2, 0.25) is 0 Å². The molecule has 0 rings (SSSR count). The first-order valence-electron chi connectivity index (χ1n) is 3.74. The Labute approximate surface area is 78.2 Å². The van der Waals surface area contributed by atoms with Crippen LogP contribution in [0.2, 0.25) is 0 Å². The van der Waals surface area contributed by atoms with Gasteiger partial charge in [-0.15, -0.1) is 0 Å². The minimum atomic E-state index is -3.62. The average molecular weight is 210 g/mol. The van der Waals surface area contributed by atoms with Gasteiger partial charge in [0, 0.05) is 0 Å². The SMILES string of the molecule is COC(=O)C(OS(C)(=O)=O)C(C)C. The second-order valence-electron chi connectivity index (χ2n) is 2.99. The van der Waals surface area contributed by atoms with Crippen molar-refractivity contribution in [3.8, 4) is 0 Å². The molecule has 0 saturated carbocycles. The van der Waals surface area contributed by atoms with Crippen LogP contribution in [0.15, 0.2) is 0 Å². The predicted molar refractivity (Wildman–Crippen MR) is 46.6 cm³/mol. The highest BCUT2D eigenvalue weighted by Crippen LogP contribution is 2.10. The van der Waals surface area contributed by atoms with Gasteiger partial charge < -0.3 is 4.74 Å². The summed E-state index contributed by atoms with van der Waals surface area (Å²) >= 11 is 0. The largest absolute Gasteiger partial charge is 0.467 e. The van der Waals surface area contributed by atoms with Crippen LogP contribution in [0, 0.1) is 5.92 Å². The van der Waals surface area contributed by atoms with Crippen molar-refractivity contribution in [2.75, 3.05) is 13.4 Å². The molecule has 0 spiro atoms.